The van der Waals surface area contributed by atoms with Gasteiger partial charge in [-0.2, -0.15) is 5.10 Å². The number of nitrogens with one attached hydrogen (secondary N) is 1. The average molecular weight is 384 g/mol. The lowest BCUT2D eigenvalue weighted by Gasteiger charge is -2.06. The molecule has 0 spiro atoms. The molecule has 0 fully saturated rings. The molecule has 4 aromatic rings. The Kier molecular flexibility index (Phi) is 5.06. The van der Waals surface area contributed by atoms with Crippen molar-refractivity contribution in [3.05, 3.63) is 90.4 Å². The number of hydrogen-bond donors (Lipinski definition) is 2. The van der Waals surface area contributed by atoms with E-state index in [2.05, 4.69) is 25.8 Å². The number of aromatic hydroxyl groups is 1. The molecule has 0 saturated carbocycles. The Bertz CT molecular complexity index is 1160. The maximum Gasteiger partial charge on any atom is 0.275 e. The zero-order chi connectivity index (χ0) is 20.1. The number of phenolic OH excluding ortho intramolecular Hbond substituents is 1. The summed E-state index contributed by atoms with van der Waals surface area (Å²) in [4.78, 5) is 16.3. The Balaban J connectivity index is 1.49. The Morgan fingerprint density at radius 1 is 1.07 bits per heavy atom. The number of pyridine rings is 1. The highest BCUT2D eigenvalue weighted by atomic mass is 16.3. The van der Waals surface area contributed by atoms with Crippen molar-refractivity contribution in [1.29, 1.82) is 0 Å². The number of benzene rings is 2. The van der Waals surface area contributed by atoms with Crippen LogP contribution >= 0.6 is 0 Å². The second-order valence-corrected chi connectivity index (χ2v) is 6.07. The van der Waals surface area contributed by atoms with E-state index in [9.17, 15) is 9.90 Å². The first-order valence-corrected chi connectivity index (χ1v) is 8.76. The summed E-state index contributed by atoms with van der Waals surface area (Å²) in [5.41, 5.74) is 5.28. The molecule has 0 radical (unpaired) electrons. The van der Waals surface area contributed by atoms with Gasteiger partial charge >= 0.3 is 0 Å². The van der Waals surface area contributed by atoms with E-state index in [4.69, 9.17) is 0 Å². The van der Waals surface area contributed by atoms with Gasteiger partial charge in [0.15, 0.2) is 0 Å². The van der Waals surface area contributed by atoms with Crippen LogP contribution in [0.15, 0.2) is 84.2 Å². The van der Waals surface area contributed by atoms with Gasteiger partial charge in [-0.15, -0.1) is 5.10 Å². The molecule has 0 unspecified atom stereocenters. The van der Waals surface area contributed by atoms with Gasteiger partial charge in [-0.05, 0) is 24.3 Å². The Hall–Kier alpha value is -4.33. The van der Waals surface area contributed by atoms with Crippen LogP contribution in [-0.4, -0.2) is 37.2 Å². The molecule has 0 saturated heterocycles. The standard InChI is InChI=1S/C21H16N6O2/c28-20-12-17(27-14-19(24-26-27)15-6-2-1-3-7-15)9-10-18(20)21(29)25-23-13-16-8-4-5-11-22-16/h1-14,28H,(H,25,29). The van der Waals surface area contributed by atoms with Gasteiger partial charge in [0.2, 0.25) is 0 Å². The van der Waals surface area contributed by atoms with E-state index >= 15 is 0 Å². The van der Waals surface area contributed by atoms with Crippen molar-refractivity contribution in [1.82, 2.24) is 25.4 Å². The van der Waals surface area contributed by atoms with Gasteiger partial charge in [0.05, 0.1) is 29.4 Å². The quantitative estimate of drug-likeness (QED) is 0.407. The van der Waals surface area contributed by atoms with Crippen LogP contribution in [0.3, 0.4) is 0 Å². The van der Waals surface area contributed by atoms with Crippen LogP contribution in [0.1, 0.15) is 16.1 Å². The molecule has 4 rings (SSSR count). The van der Waals surface area contributed by atoms with Gasteiger partial charge in [0, 0.05) is 17.8 Å². The molecule has 142 valence electrons. The first-order valence-electron chi connectivity index (χ1n) is 8.76. The Labute approximate surface area is 166 Å². The number of aromatic nitrogens is 4. The van der Waals surface area contributed by atoms with E-state index in [-0.39, 0.29) is 11.3 Å². The third kappa shape index (κ3) is 4.16. The van der Waals surface area contributed by atoms with Crippen LogP contribution in [0, 0.1) is 0 Å². The summed E-state index contributed by atoms with van der Waals surface area (Å²) >= 11 is 0. The fourth-order valence-corrected chi connectivity index (χ4v) is 2.66. The van der Waals surface area contributed by atoms with Crippen LogP contribution in [0.2, 0.25) is 0 Å². The fraction of sp³-hybridized carbons (Fsp3) is 0. The molecule has 0 aliphatic heterocycles. The highest BCUT2D eigenvalue weighted by molar-refractivity contribution is 5.97. The van der Waals surface area contributed by atoms with E-state index in [1.807, 2.05) is 36.4 Å². The van der Waals surface area contributed by atoms with Gasteiger partial charge in [-0.1, -0.05) is 41.6 Å². The van der Waals surface area contributed by atoms with E-state index in [1.54, 1.807) is 30.6 Å². The maximum absolute atomic E-state index is 12.3. The summed E-state index contributed by atoms with van der Waals surface area (Å²) < 4.78 is 1.53. The number of rotatable bonds is 5. The Morgan fingerprint density at radius 2 is 1.90 bits per heavy atom. The average Bonchev–Trinajstić information content (AvgIpc) is 3.25. The van der Waals surface area contributed by atoms with Gasteiger partial charge in [-0.3, -0.25) is 9.78 Å². The summed E-state index contributed by atoms with van der Waals surface area (Å²) in [6, 6.07) is 19.6. The summed E-state index contributed by atoms with van der Waals surface area (Å²) in [6.07, 6.45) is 4.80. The molecule has 2 aromatic carbocycles. The van der Waals surface area contributed by atoms with Gasteiger partial charge in [0.1, 0.15) is 11.4 Å². The first kappa shape index (κ1) is 18.1. The molecule has 1 amide bonds. The second kappa shape index (κ2) is 8.13. The number of carbonyl (C=O) groups excluding carboxylic acids is 1. The molecular weight excluding hydrogens is 368 g/mol. The molecular formula is C21H16N6O2. The molecule has 0 atom stereocenters. The number of nitrogens with zero attached hydrogens (tertiary/aromatic N) is 5. The molecule has 0 bridgehead atoms. The Morgan fingerprint density at radius 3 is 2.66 bits per heavy atom. The molecule has 8 heteroatoms. The van der Waals surface area contributed by atoms with Crippen molar-refractivity contribution in [3.8, 4) is 22.7 Å². The third-order valence-electron chi connectivity index (χ3n) is 4.10. The van der Waals surface area contributed by atoms with Crippen molar-refractivity contribution < 1.29 is 9.90 Å². The highest BCUT2D eigenvalue weighted by Gasteiger charge is 2.13. The van der Waals surface area contributed by atoms with Crippen LogP contribution in [0.4, 0.5) is 0 Å². The van der Waals surface area contributed by atoms with E-state index < -0.39 is 5.91 Å². The number of hydrazone groups is 1. The van der Waals surface area contributed by atoms with E-state index in [0.29, 0.717) is 17.1 Å². The van der Waals surface area contributed by atoms with Crippen molar-refractivity contribution in [2.75, 3.05) is 0 Å². The van der Waals surface area contributed by atoms with Crippen LogP contribution in [0.5, 0.6) is 5.75 Å². The lowest BCUT2D eigenvalue weighted by atomic mass is 10.1. The number of phenols is 1. The monoisotopic (exact) mass is 384 g/mol. The minimum Gasteiger partial charge on any atom is -0.507 e. The van der Waals surface area contributed by atoms with E-state index in [1.165, 1.54) is 23.0 Å². The maximum atomic E-state index is 12.3. The zero-order valence-electron chi connectivity index (χ0n) is 15.2. The number of amides is 1. The minimum absolute atomic E-state index is 0.0929. The molecule has 2 N–H and O–H groups in total. The zero-order valence-corrected chi connectivity index (χ0v) is 15.2. The lowest BCUT2D eigenvalue weighted by Crippen LogP contribution is -2.18. The second-order valence-electron chi connectivity index (χ2n) is 6.07. The normalized spacial score (nSPS) is 10.9. The summed E-state index contributed by atoms with van der Waals surface area (Å²) in [5, 5.41) is 22.4. The van der Waals surface area contributed by atoms with Crippen molar-refractivity contribution in [2.45, 2.75) is 0 Å². The van der Waals surface area contributed by atoms with E-state index in [0.717, 1.165) is 5.56 Å². The van der Waals surface area contributed by atoms with Crippen molar-refractivity contribution in [3.63, 3.8) is 0 Å². The first-order chi connectivity index (χ1) is 14.2. The van der Waals surface area contributed by atoms with Gasteiger partial charge in [-0.25, -0.2) is 10.1 Å². The molecule has 2 aromatic heterocycles. The predicted molar refractivity (Wildman–Crippen MR) is 108 cm³/mol. The largest absolute Gasteiger partial charge is 0.507 e. The lowest BCUT2D eigenvalue weighted by molar-refractivity contribution is 0.0952. The third-order valence-corrected chi connectivity index (χ3v) is 4.10. The SMILES string of the molecule is O=C(NN=Cc1ccccn1)c1ccc(-n2cc(-c3ccccc3)nn2)cc1O. The van der Waals surface area contributed by atoms with Gasteiger partial charge in [0.25, 0.3) is 5.91 Å². The molecule has 0 aliphatic carbocycles. The minimum atomic E-state index is -0.537. The molecule has 2 heterocycles. The number of hydrogen-bond acceptors (Lipinski definition) is 6. The summed E-state index contributed by atoms with van der Waals surface area (Å²) in [5.74, 6) is -0.727. The fourth-order valence-electron chi connectivity index (χ4n) is 2.66. The molecule has 0 aliphatic rings. The predicted octanol–water partition coefficient (Wildman–Crippen LogP) is 2.80. The highest BCUT2D eigenvalue weighted by Crippen LogP contribution is 2.22. The smallest absolute Gasteiger partial charge is 0.275 e. The summed E-state index contributed by atoms with van der Waals surface area (Å²) in [6.45, 7) is 0. The summed E-state index contributed by atoms with van der Waals surface area (Å²) in [7, 11) is 0. The van der Waals surface area contributed by atoms with Crippen molar-refractivity contribution >= 4 is 12.1 Å². The van der Waals surface area contributed by atoms with Crippen LogP contribution < -0.4 is 5.43 Å². The molecule has 29 heavy (non-hydrogen) atoms. The van der Waals surface area contributed by atoms with Crippen LogP contribution in [-0.2, 0) is 0 Å². The van der Waals surface area contributed by atoms with Crippen LogP contribution in [0.25, 0.3) is 16.9 Å². The molecule has 8 nitrogen and oxygen atoms in total. The van der Waals surface area contributed by atoms with Crippen molar-refractivity contribution in [2.24, 2.45) is 5.10 Å². The topological polar surface area (TPSA) is 105 Å². The number of carbonyl (C=O) groups is 1. The van der Waals surface area contributed by atoms with Gasteiger partial charge < -0.3 is 5.11 Å².